The van der Waals surface area contributed by atoms with Crippen LogP contribution in [0.3, 0.4) is 0 Å². The van der Waals surface area contributed by atoms with Crippen LogP contribution in [-0.4, -0.2) is 71.3 Å². The van der Waals surface area contributed by atoms with Crippen LogP contribution < -0.4 is 20.1 Å². The highest BCUT2D eigenvalue weighted by Crippen LogP contribution is 2.40. The molecule has 0 spiro atoms. The number of nitrogens with zero attached hydrogens (tertiary/aromatic N) is 7. The molecule has 1 aliphatic rings. The standard InChI is InChI=1S/C40H43F4N9O5/c1-21(2)57-31-14-34-46-28(23-10-11-23)16-51(34)17-29(31)48-38(55)27-13-24(53(50-27)39(43)44)12-22(3)58-32-15-35-49-33(40(4,5)20-56-6)19-52(35)18-30(32)47-37(54)26-9-7-8-25(45-26)36(41)42/h7-9,13-19,21-23,36,39H,10-12,20H2,1-6H3,(H,47,54)(H,48,55). The van der Waals surface area contributed by atoms with Crippen LogP contribution in [0.1, 0.15) is 110 Å². The van der Waals surface area contributed by atoms with Crippen LogP contribution >= 0.6 is 0 Å². The summed E-state index contributed by atoms with van der Waals surface area (Å²) < 4.78 is 77.1. The van der Waals surface area contributed by atoms with Gasteiger partial charge in [0.05, 0.1) is 24.1 Å². The Morgan fingerprint density at radius 1 is 0.845 bits per heavy atom. The molecule has 306 valence electrons. The summed E-state index contributed by atoms with van der Waals surface area (Å²) in [7, 11) is 1.58. The highest BCUT2D eigenvalue weighted by atomic mass is 19.3. The Labute approximate surface area is 330 Å². The minimum absolute atomic E-state index is 0.00506. The first-order valence-corrected chi connectivity index (χ1v) is 18.7. The summed E-state index contributed by atoms with van der Waals surface area (Å²) in [6.45, 7) is 6.47. The second-order valence-corrected chi connectivity index (χ2v) is 15.2. The van der Waals surface area contributed by atoms with Crippen molar-refractivity contribution in [2.45, 2.75) is 90.4 Å². The highest BCUT2D eigenvalue weighted by molar-refractivity contribution is 6.04. The van der Waals surface area contributed by atoms with Gasteiger partial charge in [0.15, 0.2) is 5.69 Å². The van der Waals surface area contributed by atoms with Crippen molar-refractivity contribution < 1.29 is 41.4 Å². The molecule has 6 aromatic heterocycles. The van der Waals surface area contributed by atoms with E-state index < -0.39 is 42.0 Å². The Hall–Kier alpha value is -6.04. The molecule has 58 heavy (non-hydrogen) atoms. The average molecular weight is 806 g/mol. The highest BCUT2D eigenvalue weighted by Gasteiger charge is 2.28. The van der Waals surface area contributed by atoms with E-state index in [9.17, 15) is 27.2 Å². The van der Waals surface area contributed by atoms with Gasteiger partial charge in [-0.2, -0.15) is 13.9 Å². The molecule has 0 bridgehead atoms. The quantitative estimate of drug-likeness (QED) is 0.0928. The minimum atomic E-state index is -3.09. The van der Waals surface area contributed by atoms with Crippen LogP contribution in [0.4, 0.5) is 28.9 Å². The SMILES string of the molecule is COCC(C)(C)c1cn2cc(NC(=O)c3cccc(C(F)F)n3)c(OC(C)Cc3cc(C(=O)Nc4cn5cc(C6CC6)nc5cc4OC(C)C)nn3C(F)F)cc2n1. The van der Waals surface area contributed by atoms with Gasteiger partial charge < -0.3 is 33.6 Å². The fourth-order valence-corrected chi connectivity index (χ4v) is 6.52. The molecule has 2 amide bonds. The van der Waals surface area contributed by atoms with Crippen molar-refractivity contribution in [2.75, 3.05) is 24.4 Å². The van der Waals surface area contributed by atoms with Crippen molar-refractivity contribution in [2.24, 2.45) is 0 Å². The van der Waals surface area contributed by atoms with E-state index in [1.807, 2.05) is 33.9 Å². The first-order valence-electron chi connectivity index (χ1n) is 18.7. The molecule has 6 heterocycles. The van der Waals surface area contributed by atoms with Crippen LogP contribution in [0, 0.1) is 0 Å². The monoisotopic (exact) mass is 805 g/mol. The molecule has 0 radical (unpaired) electrons. The molecule has 0 aromatic carbocycles. The number of halogens is 4. The van der Waals surface area contributed by atoms with E-state index in [0.717, 1.165) is 24.6 Å². The number of anilines is 2. The first kappa shape index (κ1) is 40.2. The molecule has 6 aromatic rings. The molecule has 7 rings (SSSR count). The molecular weight excluding hydrogens is 762 g/mol. The van der Waals surface area contributed by atoms with Gasteiger partial charge in [-0.3, -0.25) is 9.59 Å². The van der Waals surface area contributed by atoms with Gasteiger partial charge >= 0.3 is 6.55 Å². The molecule has 1 unspecified atom stereocenters. The molecule has 1 fully saturated rings. The lowest BCUT2D eigenvalue weighted by Crippen LogP contribution is -2.23. The predicted octanol–water partition coefficient (Wildman–Crippen LogP) is 8.01. The summed E-state index contributed by atoms with van der Waals surface area (Å²) in [4.78, 5) is 40.1. The van der Waals surface area contributed by atoms with Gasteiger partial charge in [0.2, 0.25) is 0 Å². The number of pyridine rings is 3. The van der Waals surface area contributed by atoms with Crippen molar-refractivity contribution in [1.29, 1.82) is 0 Å². The maximum absolute atomic E-state index is 14.4. The van der Waals surface area contributed by atoms with Crippen molar-refractivity contribution in [3.05, 3.63) is 95.3 Å². The number of alkyl halides is 4. The number of rotatable bonds is 16. The Morgan fingerprint density at radius 2 is 1.48 bits per heavy atom. The number of imidazole rings is 2. The fourth-order valence-electron chi connectivity index (χ4n) is 6.52. The number of fused-ring (bicyclic) bond motifs is 2. The van der Waals surface area contributed by atoms with Gasteiger partial charge in [0.1, 0.15) is 51.7 Å². The largest absolute Gasteiger partial charge is 0.489 e. The number of carbonyl (C=O) groups is 2. The second-order valence-electron chi connectivity index (χ2n) is 15.2. The molecule has 1 saturated carbocycles. The van der Waals surface area contributed by atoms with E-state index in [-0.39, 0.29) is 41.0 Å². The number of ether oxygens (including phenoxy) is 3. The van der Waals surface area contributed by atoms with Crippen molar-refractivity contribution >= 4 is 34.5 Å². The molecular formula is C40H43F4N9O5. The number of hydrogen-bond donors (Lipinski definition) is 2. The van der Waals surface area contributed by atoms with Gasteiger partial charge in [-0.15, -0.1) is 0 Å². The molecule has 1 aliphatic carbocycles. The number of carbonyl (C=O) groups excluding carboxylic acids is 2. The molecule has 0 saturated heterocycles. The summed E-state index contributed by atoms with van der Waals surface area (Å²) in [5.74, 6) is -0.655. The van der Waals surface area contributed by atoms with E-state index in [1.165, 1.54) is 18.2 Å². The Kier molecular flexibility index (Phi) is 11.1. The fraction of sp³-hybridized carbons (Fsp3) is 0.400. The molecule has 1 atom stereocenters. The third-order valence-electron chi connectivity index (χ3n) is 9.46. The second kappa shape index (κ2) is 16.1. The lowest BCUT2D eigenvalue weighted by atomic mass is 9.91. The summed E-state index contributed by atoms with van der Waals surface area (Å²) in [5.41, 5.74) is 1.55. The first-order chi connectivity index (χ1) is 27.6. The van der Waals surface area contributed by atoms with Crippen molar-refractivity contribution in [1.82, 2.24) is 33.5 Å². The molecule has 2 N–H and O–H groups in total. The maximum atomic E-state index is 14.4. The van der Waals surface area contributed by atoms with Gasteiger partial charge in [-0.05, 0) is 51.8 Å². The summed E-state index contributed by atoms with van der Waals surface area (Å²) in [6.07, 6.45) is 4.90. The number of nitrogens with one attached hydrogen (secondary N) is 2. The normalized spacial score (nSPS) is 13.9. The zero-order valence-electron chi connectivity index (χ0n) is 32.7. The summed E-state index contributed by atoms with van der Waals surface area (Å²) >= 11 is 0. The van der Waals surface area contributed by atoms with Gasteiger partial charge in [-0.1, -0.05) is 19.9 Å². The lowest BCUT2D eigenvalue weighted by molar-refractivity contribution is 0.0514. The van der Waals surface area contributed by atoms with Crippen molar-refractivity contribution in [3.63, 3.8) is 0 Å². The lowest BCUT2D eigenvalue weighted by Gasteiger charge is -2.20. The summed E-state index contributed by atoms with van der Waals surface area (Å²) in [6, 6.07) is 8.25. The van der Waals surface area contributed by atoms with Crippen LogP contribution in [-0.2, 0) is 16.6 Å². The van der Waals surface area contributed by atoms with Crippen molar-refractivity contribution in [3.8, 4) is 11.5 Å². The van der Waals surface area contributed by atoms with E-state index >= 15 is 0 Å². The maximum Gasteiger partial charge on any atom is 0.333 e. The van der Waals surface area contributed by atoms with E-state index in [1.54, 1.807) is 53.6 Å². The zero-order valence-corrected chi connectivity index (χ0v) is 32.7. The van der Waals surface area contributed by atoms with Crippen LogP contribution in [0.5, 0.6) is 11.5 Å². The number of methoxy groups -OCH3 is 1. The predicted molar refractivity (Wildman–Crippen MR) is 205 cm³/mol. The van der Waals surface area contributed by atoms with Crippen LogP contribution in [0.25, 0.3) is 11.3 Å². The summed E-state index contributed by atoms with van der Waals surface area (Å²) in [5, 5.41) is 9.40. The minimum Gasteiger partial charge on any atom is -0.489 e. The van der Waals surface area contributed by atoms with E-state index in [2.05, 4.69) is 25.7 Å². The van der Waals surface area contributed by atoms with Crippen LogP contribution in [0.15, 0.2) is 61.2 Å². The number of hydrogen-bond acceptors (Lipinski definition) is 9. The Bertz CT molecular complexity index is 2470. The smallest absolute Gasteiger partial charge is 0.333 e. The molecule has 0 aliphatic heterocycles. The third-order valence-corrected chi connectivity index (χ3v) is 9.46. The molecule has 14 nitrogen and oxygen atoms in total. The number of amides is 2. The molecule has 18 heteroatoms. The zero-order chi connectivity index (χ0) is 41.5. The van der Waals surface area contributed by atoms with E-state index in [0.29, 0.717) is 45.6 Å². The third kappa shape index (κ3) is 8.75. The van der Waals surface area contributed by atoms with Gasteiger partial charge in [0, 0.05) is 67.5 Å². The van der Waals surface area contributed by atoms with Gasteiger partial charge in [-0.25, -0.2) is 28.4 Å². The average Bonchev–Trinajstić information content (AvgIpc) is 3.57. The van der Waals surface area contributed by atoms with Crippen LogP contribution in [0.2, 0.25) is 0 Å². The topological polar surface area (TPSA) is 151 Å². The number of aromatic nitrogens is 7. The van der Waals surface area contributed by atoms with Gasteiger partial charge in [0.25, 0.3) is 18.2 Å². The Balaban J connectivity index is 1.15. The Morgan fingerprint density at radius 3 is 2.10 bits per heavy atom. The van der Waals surface area contributed by atoms with E-state index in [4.69, 9.17) is 19.2 Å².